The van der Waals surface area contributed by atoms with Crippen molar-refractivity contribution in [2.75, 3.05) is 20.1 Å². The maximum atomic E-state index is 12.7. The van der Waals surface area contributed by atoms with Crippen LogP contribution in [0.4, 0.5) is 0 Å². The normalized spacial score (nSPS) is 14.5. The lowest BCUT2D eigenvalue weighted by molar-refractivity contribution is 0.0785. The van der Waals surface area contributed by atoms with Crippen molar-refractivity contribution < 1.29 is 4.79 Å². The molecule has 3 aromatic carbocycles. The molecule has 1 saturated heterocycles. The van der Waals surface area contributed by atoms with Crippen LogP contribution in [0.1, 0.15) is 34.3 Å². The lowest BCUT2D eigenvalue weighted by atomic mass is 10.0. The Balaban J connectivity index is 1.52. The van der Waals surface area contributed by atoms with Crippen LogP contribution >= 0.6 is 11.6 Å². The first-order chi connectivity index (χ1) is 13.6. The summed E-state index contributed by atoms with van der Waals surface area (Å²) in [6.45, 7) is 4.00. The molecule has 3 aromatic rings. The molecule has 3 nitrogen and oxygen atoms in total. The fourth-order valence-electron chi connectivity index (χ4n) is 3.98. The molecular weight excluding hydrogens is 368 g/mol. The van der Waals surface area contributed by atoms with E-state index in [2.05, 4.69) is 41.3 Å². The largest absolute Gasteiger partial charge is 0.337 e. The van der Waals surface area contributed by atoms with Crippen LogP contribution < -0.4 is 0 Å². The molecule has 0 bridgehead atoms. The number of hydrogen-bond donors (Lipinski definition) is 0. The molecule has 0 atom stereocenters. The monoisotopic (exact) mass is 392 g/mol. The first-order valence-electron chi connectivity index (χ1n) is 9.84. The molecule has 0 spiro atoms. The number of benzene rings is 3. The first-order valence-corrected chi connectivity index (χ1v) is 10.2. The zero-order valence-corrected chi connectivity index (χ0v) is 17.0. The van der Waals surface area contributed by atoms with E-state index in [9.17, 15) is 4.79 Å². The minimum absolute atomic E-state index is 0.000627. The molecule has 0 unspecified atom stereocenters. The highest BCUT2D eigenvalue weighted by atomic mass is 35.5. The third-order valence-electron chi connectivity index (χ3n) is 5.49. The van der Waals surface area contributed by atoms with E-state index in [0.29, 0.717) is 17.1 Å². The van der Waals surface area contributed by atoms with Gasteiger partial charge in [0.1, 0.15) is 0 Å². The van der Waals surface area contributed by atoms with Crippen molar-refractivity contribution in [2.24, 2.45) is 0 Å². The third-order valence-corrected chi connectivity index (χ3v) is 5.74. The first kappa shape index (κ1) is 19.0. The number of rotatable bonds is 5. The van der Waals surface area contributed by atoms with Crippen LogP contribution in [0.15, 0.2) is 60.7 Å². The van der Waals surface area contributed by atoms with Crippen LogP contribution in [-0.2, 0) is 13.1 Å². The van der Waals surface area contributed by atoms with E-state index in [1.54, 1.807) is 29.2 Å². The fraction of sp³-hybridized carbons (Fsp3) is 0.292. The van der Waals surface area contributed by atoms with Crippen molar-refractivity contribution in [1.29, 1.82) is 0 Å². The summed E-state index contributed by atoms with van der Waals surface area (Å²) in [5, 5.41) is 3.09. The number of amides is 1. The molecule has 1 aliphatic heterocycles. The number of fused-ring (bicyclic) bond motifs is 1. The maximum absolute atomic E-state index is 12.7. The van der Waals surface area contributed by atoms with E-state index in [-0.39, 0.29) is 5.91 Å². The predicted octanol–water partition coefficient (Wildman–Crippen LogP) is 5.36. The minimum atomic E-state index is -0.000627. The number of halogens is 1. The zero-order chi connectivity index (χ0) is 19.5. The number of carbonyl (C=O) groups is 1. The Kier molecular flexibility index (Phi) is 5.65. The second-order valence-electron chi connectivity index (χ2n) is 7.62. The average Bonchev–Trinajstić information content (AvgIpc) is 3.21. The Morgan fingerprint density at radius 1 is 1.04 bits per heavy atom. The fourth-order valence-corrected chi connectivity index (χ4v) is 4.10. The molecule has 0 saturated carbocycles. The van der Waals surface area contributed by atoms with Gasteiger partial charge in [-0.25, -0.2) is 0 Å². The van der Waals surface area contributed by atoms with Crippen LogP contribution in [0.3, 0.4) is 0 Å². The molecule has 28 heavy (non-hydrogen) atoms. The molecular formula is C24H25ClN2O. The van der Waals surface area contributed by atoms with Gasteiger partial charge in [-0.1, -0.05) is 41.9 Å². The summed E-state index contributed by atoms with van der Waals surface area (Å²) >= 11 is 5.93. The highest BCUT2D eigenvalue weighted by molar-refractivity contribution is 6.30. The van der Waals surface area contributed by atoms with Crippen molar-refractivity contribution in [2.45, 2.75) is 25.9 Å². The Morgan fingerprint density at radius 3 is 2.54 bits per heavy atom. The van der Waals surface area contributed by atoms with E-state index >= 15 is 0 Å². The van der Waals surface area contributed by atoms with Gasteiger partial charge in [-0.3, -0.25) is 9.69 Å². The van der Waals surface area contributed by atoms with E-state index in [1.807, 2.05) is 7.05 Å². The van der Waals surface area contributed by atoms with E-state index < -0.39 is 0 Å². The third kappa shape index (κ3) is 4.21. The highest BCUT2D eigenvalue weighted by Gasteiger charge is 2.15. The van der Waals surface area contributed by atoms with Gasteiger partial charge in [-0.05, 0) is 78.2 Å². The van der Waals surface area contributed by atoms with Gasteiger partial charge >= 0.3 is 0 Å². The predicted molar refractivity (Wildman–Crippen MR) is 116 cm³/mol. The number of hydrogen-bond acceptors (Lipinski definition) is 2. The van der Waals surface area contributed by atoms with Crippen molar-refractivity contribution in [1.82, 2.24) is 9.80 Å². The summed E-state index contributed by atoms with van der Waals surface area (Å²) in [6.07, 6.45) is 2.62. The molecule has 1 aliphatic rings. The van der Waals surface area contributed by atoms with Gasteiger partial charge in [0.25, 0.3) is 5.91 Å². The van der Waals surface area contributed by atoms with Crippen molar-refractivity contribution in [3.8, 4) is 0 Å². The van der Waals surface area contributed by atoms with Gasteiger partial charge in [-0.15, -0.1) is 0 Å². The summed E-state index contributed by atoms with van der Waals surface area (Å²) < 4.78 is 0. The second kappa shape index (κ2) is 8.34. The summed E-state index contributed by atoms with van der Waals surface area (Å²) in [5.41, 5.74) is 3.17. The SMILES string of the molecule is CN(Cc1cccc2cc(CN3CCCC3)ccc12)C(=O)c1ccc(Cl)cc1. The van der Waals surface area contributed by atoms with Crippen molar-refractivity contribution in [3.63, 3.8) is 0 Å². The van der Waals surface area contributed by atoms with E-state index in [1.165, 1.54) is 42.3 Å². The smallest absolute Gasteiger partial charge is 0.253 e. The molecule has 4 rings (SSSR count). The molecule has 0 N–H and O–H groups in total. The standard InChI is InChI=1S/C24H25ClN2O/c1-26(24(28)19-8-10-22(25)11-9-19)17-21-6-4-5-20-15-18(7-12-23(20)21)16-27-13-2-3-14-27/h4-12,15H,2-3,13-14,16-17H2,1H3. The maximum Gasteiger partial charge on any atom is 0.253 e. The number of carbonyl (C=O) groups excluding carboxylic acids is 1. The number of likely N-dealkylation sites (tertiary alicyclic amines) is 1. The van der Waals surface area contributed by atoms with Crippen LogP contribution in [0.25, 0.3) is 10.8 Å². The molecule has 0 aliphatic carbocycles. The summed E-state index contributed by atoms with van der Waals surface area (Å²) in [6, 6.07) is 20.1. The van der Waals surface area contributed by atoms with Gasteiger partial charge in [0.05, 0.1) is 0 Å². The van der Waals surface area contributed by atoms with Gasteiger partial charge in [-0.2, -0.15) is 0 Å². The van der Waals surface area contributed by atoms with Crippen molar-refractivity contribution >= 4 is 28.3 Å². The van der Waals surface area contributed by atoms with Crippen molar-refractivity contribution in [3.05, 3.63) is 82.4 Å². The molecule has 0 radical (unpaired) electrons. The Labute approximate surface area is 171 Å². The summed E-state index contributed by atoms with van der Waals surface area (Å²) in [5.74, 6) is -0.000627. The Bertz CT molecular complexity index is 978. The second-order valence-corrected chi connectivity index (χ2v) is 8.06. The molecule has 1 heterocycles. The molecule has 1 fully saturated rings. The lowest BCUT2D eigenvalue weighted by Gasteiger charge is -2.19. The van der Waals surface area contributed by atoms with E-state index in [4.69, 9.17) is 11.6 Å². The summed E-state index contributed by atoms with van der Waals surface area (Å²) in [4.78, 5) is 17.0. The summed E-state index contributed by atoms with van der Waals surface area (Å²) in [7, 11) is 1.84. The highest BCUT2D eigenvalue weighted by Crippen LogP contribution is 2.23. The van der Waals surface area contributed by atoms with Crippen LogP contribution in [0.2, 0.25) is 5.02 Å². The van der Waals surface area contributed by atoms with E-state index in [0.717, 1.165) is 12.1 Å². The minimum Gasteiger partial charge on any atom is -0.337 e. The van der Waals surface area contributed by atoms with Crippen LogP contribution in [-0.4, -0.2) is 35.8 Å². The number of nitrogens with zero attached hydrogens (tertiary/aromatic N) is 2. The zero-order valence-electron chi connectivity index (χ0n) is 16.2. The molecule has 4 heteroatoms. The molecule has 144 valence electrons. The van der Waals surface area contributed by atoms with Crippen LogP contribution in [0, 0.1) is 0 Å². The molecule has 0 aromatic heterocycles. The van der Waals surface area contributed by atoms with Gasteiger partial charge in [0.15, 0.2) is 0 Å². The lowest BCUT2D eigenvalue weighted by Crippen LogP contribution is -2.26. The Hall–Kier alpha value is -2.36. The van der Waals surface area contributed by atoms with Crippen LogP contribution in [0.5, 0.6) is 0 Å². The van der Waals surface area contributed by atoms with Gasteiger partial charge in [0, 0.05) is 30.7 Å². The van der Waals surface area contributed by atoms with Gasteiger partial charge < -0.3 is 4.90 Å². The average molecular weight is 393 g/mol. The molecule has 1 amide bonds. The quantitative estimate of drug-likeness (QED) is 0.583. The van der Waals surface area contributed by atoms with Gasteiger partial charge in [0.2, 0.25) is 0 Å². The topological polar surface area (TPSA) is 23.6 Å². The Morgan fingerprint density at radius 2 is 1.79 bits per heavy atom.